The summed E-state index contributed by atoms with van der Waals surface area (Å²) in [5, 5.41) is 11.0. The van der Waals surface area contributed by atoms with E-state index in [1.807, 2.05) is 6.07 Å². The molecule has 0 spiro atoms. The first kappa shape index (κ1) is 14.0. The highest BCUT2D eigenvalue weighted by molar-refractivity contribution is 5.60. The average molecular weight is 269 g/mol. The first-order valence-corrected chi connectivity index (χ1v) is 6.63. The third-order valence-corrected chi connectivity index (χ3v) is 2.86. The van der Waals surface area contributed by atoms with Crippen molar-refractivity contribution in [1.29, 1.82) is 0 Å². The Morgan fingerprint density at radius 1 is 1.40 bits per heavy atom. The van der Waals surface area contributed by atoms with E-state index in [-0.39, 0.29) is 0 Å². The molecule has 0 aliphatic heterocycles. The highest BCUT2D eigenvalue weighted by Gasteiger charge is 2.10. The molecular formula is C15H19N5. The van der Waals surface area contributed by atoms with Gasteiger partial charge in [-0.25, -0.2) is 0 Å². The lowest BCUT2D eigenvalue weighted by molar-refractivity contribution is 0.914. The summed E-state index contributed by atoms with van der Waals surface area (Å²) in [4.78, 5) is 6.58. The molecular weight excluding hydrogens is 250 g/mol. The number of benzene rings is 1. The molecule has 1 aromatic heterocycles. The van der Waals surface area contributed by atoms with Crippen LogP contribution in [0.4, 0.5) is 17.5 Å². The van der Waals surface area contributed by atoms with Gasteiger partial charge in [0.25, 0.3) is 0 Å². The van der Waals surface area contributed by atoms with Crippen LogP contribution in [0.15, 0.2) is 43.1 Å². The van der Waals surface area contributed by atoms with Crippen LogP contribution in [0, 0.1) is 6.92 Å². The molecule has 0 saturated carbocycles. The number of hydrogen-bond acceptors (Lipinski definition) is 5. The third kappa shape index (κ3) is 3.32. The quantitative estimate of drug-likeness (QED) is 0.817. The van der Waals surface area contributed by atoms with E-state index in [2.05, 4.69) is 64.0 Å². The van der Waals surface area contributed by atoms with Crippen molar-refractivity contribution in [3.63, 3.8) is 0 Å². The zero-order chi connectivity index (χ0) is 14.4. The monoisotopic (exact) mass is 269 g/mol. The summed E-state index contributed by atoms with van der Waals surface area (Å²) in [5.41, 5.74) is 2.32. The number of hydrogen-bond donors (Lipinski definition) is 1. The van der Waals surface area contributed by atoms with E-state index in [4.69, 9.17) is 0 Å². The Hall–Kier alpha value is -2.43. The van der Waals surface area contributed by atoms with Crippen molar-refractivity contribution in [3.8, 4) is 0 Å². The van der Waals surface area contributed by atoms with E-state index in [0.29, 0.717) is 12.5 Å². The van der Waals surface area contributed by atoms with Crippen molar-refractivity contribution in [3.05, 3.63) is 48.7 Å². The number of aromatic nitrogens is 3. The fourth-order valence-electron chi connectivity index (χ4n) is 1.94. The molecule has 0 radical (unpaired) electrons. The highest BCUT2D eigenvalue weighted by Crippen LogP contribution is 2.23. The van der Waals surface area contributed by atoms with E-state index < -0.39 is 0 Å². The minimum atomic E-state index is 0.508. The number of nitrogens with one attached hydrogen (secondary N) is 1. The maximum Gasteiger partial charge on any atom is 0.244 e. The molecule has 104 valence electrons. The first-order chi connectivity index (χ1) is 9.74. The number of anilines is 3. The van der Waals surface area contributed by atoms with Crippen molar-refractivity contribution < 1.29 is 0 Å². The van der Waals surface area contributed by atoms with Crippen LogP contribution in [0.3, 0.4) is 0 Å². The van der Waals surface area contributed by atoms with Crippen LogP contribution in [-0.4, -0.2) is 28.3 Å². The number of rotatable bonds is 6. The van der Waals surface area contributed by atoms with E-state index in [0.717, 1.165) is 18.1 Å². The molecule has 0 unspecified atom stereocenters. The molecule has 2 aromatic rings. The number of nitrogens with zero attached hydrogens (tertiary/aromatic N) is 4. The van der Waals surface area contributed by atoms with E-state index in [9.17, 15) is 0 Å². The molecule has 0 amide bonds. The van der Waals surface area contributed by atoms with Gasteiger partial charge in [0, 0.05) is 18.8 Å². The van der Waals surface area contributed by atoms with Crippen LogP contribution < -0.4 is 10.2 Å². The maximum atomic E-state index is 4.48. The van der Waals surface area contributed by atoms with Crippen molar-refractivity contribution in [2.24, 2.45) is 0 Å². The average Bonchev–Trinajstić information content (AvgIpc) is 2.46. The second-order valence-electron chi connectivity index (χ2n) is 4.39. The molecule has 0 aliphatic carbocycles. The lowest BCUT2D eigenvalue weighted by atomic mass is 10.2. The van der Waals surface area contributed by atoms with Gasteiger partial charge in [0.15, 0.2) is 5.82 Å². The van der Waals surface area contributed by atoms with Crippen LogP contribution in [0.25, 0.3) is 0 Å². The Bertz CT molecular complexity index is 582. The lowest BCUT2D eigenvalue weighted by Gasteiger charge is -2.22. The minimum Gasteiger partial charge on any atom is -0.349 e. The standard InChI is InChI=1S/C15H19N5/c1-4-9-16-15-18-14(11-17-19-15)20(5-2)13-8-6-7-12(3)10-13/h4,6-8,10-11H,1,5,9H2,2-3H3,(H,16,18,19). The van der Waals surface area contributed by atoms with Crippen molar-refractivity contribution in [2.45, 2.75) is 13.8 Å². The summed E-state index contributed by atoms with van der Waals surface area (Å²) in [6.07, 6.45) is 3.43. The van der Waals surface area contributed by atoms with Gasteiger partial charge in [-0.05, 0) is 31.5 Å². The molecule has 0 atom stereocenters. The maximum absolute atomic E-state index is 4.48. The van der Waals surface area contributed by atoms with Crippen LogP contribution in [0.5, 0.6) is 0 Å². The lowest BCUT2D eigenvalue weighted by Crippen LogP contribution is -2.19. The molecule has 5 nitrogen and oxygen atoms in total. The molecule has 20 heavy (non-hydrogen) atoms. The van der Waals surface area contributed by atoms with Gasteiger partial charge in [0.1, 0.15) is 0 Å². The van der Waals surface area contributed by atoms with Crippen LogP contribution in [0.1, 0.15) is 12.5 Å². The van der Waals surface area contributed by atoms with Gasteiger partial charge in [-0.15, -0.1) is 11.7 Å². The Morgan fingerprint density at radius 2 is 2.25 bits per heavy atom. The summed E-state index contributed by atoms with van der Waals surface area (Å²) < 4.78 is 0. The summed E-state index contributed by atoms with van der Waals surface area (Å²) in [6, 6.07) is 8.31. The molecule has 5 heteroatoms. The zero-order valence-electron chi connectivity index (χ0n) is 11.9. The molecule has 2 rings (SSSR count). The molecule has 1 heterocycles. The van der Waals surface area contributed by atoms with Crippen molar-refractivity contribution in [1.82, 2.24) is 15.2 Å². The van der Waals surface area contributed by atoms with Crippen molar-refractivity contribution in [2.75, 3.05) is 23.3 Å². The third-order valence-electron chi connectivity index (χ3n) is 2.86. The zero-order valence-corrected chi connectivity index (χ0v) is 11.9. The second kappa shape index (κ2) is 6.65. The Labute approximate surface area is 119 Å². The molecule has 1 aromatic carbocycles. The van der Waals surface area contributed by atoms with Crippen LogP contribution in [0.2, 0.25) is 0 Å². The smallest absolute Gasteiger partial charge is 0.244 e. The van der Waals surface area contributed by atoms with Crippen LogP contribution in [-0.2, 0) is 0 Å². The normalized spacial score (nSPS) is 10.1. The fourth-order valence-corrected chi connectivity index (χ4v) is 1.94. The van der Waals surface area contributed by atoms with Crippen molar-refractivity contribution >= 4 is 17.5 Å². The summed E-state index contributed by atoms with van der Waals surface area (Å²) in [6.45, 7) is 9.24. The Balaban J connectivity index is 2.29. The van der Waals surface area contributed by atoms with Gasteiger partial charge >= 0.3 is 0 Å². The highest BCUT2D eigenvalue weighted by atomic mass is 15.3. The summed E-state index contributed by atoms with van der Waals surface area (Å²) >= 11 is 0. The van der Waals surface area contributed by atoms with E-state index >= 15 is 0 Å². The number of aryl methyl sites for hydroxylation is 1. The summed E-state index contributed by atoms with van der Waals surface area (Å²) in [5.74, 6) is 1.29. The Kier molecular flexibility index (Phi) is 4.65. The van der Waals surface area contributed by atoms with Gasteiger partial charge in [-0.2, -0.15) is 10.1 Å². The SMILES string of the molecule is C=CCNc1nncc(N(CC)c2cccc(C)c2)n1. The second-order valence-corrected chi connectivity index (χ2v) is 4.39. The van der Waals surface area contributed by atoms with Gasteiger partial charge in [-0.1, -0.05) is 18.2 Å². The predicted molar refractivity (Wildman–Crippen MR) is 82.4 cm³/mol. The van der Waals surface area contributed by atoms with Crippen LogP contribution >= 0.6 is 0 Å². The largest absolute Gasteiger partial charge is 0.349 e. The first-order valence-electron chi connectivity index (χ1n) is 6.63. The molecule has 1 N–H and O–H groups in total. The minimum absolute atomic E-state index is 0.508. The predicted octanol–water partition coefficient (Wildman–Crippen LogP) is 2.94. The van der Waals surface area contributed by atoms with Gasteiger partial charge in [-0.3, -0.25) is 0 Å². The van der Waals surface area contributed by atoms with Gasteiger partial charge < -0.3 is 10.2 Å². The molecule has 0 bridgehead atoms. The molecule has 0 saturated heterocycles. The Morgan fingerprint density at radius 3 is 2.95 bits per heavy atom. The van der Waals surface area contributed by atoms with E-state index in [1.54, 1.807) is 12.3 Å². The molecule has 0 aliphatic rings. The van der Waals surface area contributed by atoms with Gasteiger partial charge in [0.05, 0.1) is 6.20 Å². The summed E-state index contributed by atoms with van der Waals surface area (Å²) in [7, 11) is 0. The van der Waals surface area contributed by atoms with E-state index in [1.165, 1.54) is 5.56 Å². The van der Waals surface area contributed by atoms with Gasteiger partial charge in [0.2, 0.25) is 5.95 Å². The fraction of sp³-hybridized carbons (Fsp3) is 0.267. The topological polar surface area (TPSA) is 53.9 Å². The molecule has 0 fully saturated rings.